The molecule has 5 aromatic heterocycles. The summed E-state index contributed by atoms with van der Waals surface area (Å²) in [5.41, 5.74) is 38.5. The second-order valence-electron chi connectivity index (χ2n) is 43.2. The Labute approximate surface area is 823 Å². The van der Waals surface area contributed by atoms with Crippen molar-refractivity contribution >= 4 is 0 Å². The Morgan fingerprint density at radius 1 is 0.190 bits per heavy atom. The minimum Gasteiger partial charge on any atom is -0.201 e. The molecular formula is C132H144N5+5. The van der Waals surface area contributed by atoms with Gasteiger partial charge in [-0.05, 0) is 361 Å². The molecule has 10 aromatic carbocycles. The molecule has 0 saturated heterocycles. The second-order valence-corrected chi connectivity index (χ2v) is 43.2. The fourth-order valence-corrected chi connectivity index (χ4v) is 26.7. The van der Waals surface area contributed by atoms with Crippen LogP contribution in [0.4, 0.5) is 0 Å². The van der Waals surface area contributed by atoms with Gasteiger partial charge in [0.2, 0.25) is 28.5 Å². The van der Waals surface area contributed by atoms with Crippen LogP contribution in [0, 0.1) is 93.8 Å². The van der Waals surface area contributed by atoms with Crippen molar-refractivity contribution in [1.82, 2.24) is 0 Å². The number of nitrogens with zero attached hydrogens (tertiary/aromatic N) is 5. The van der Waals surface area contributed by atoms with E-state index in [0.29, 0.717) is 17.8 Å². The number of pyridine rings is 5. The summed E-state index contributed by atoms with van der Waals surface area (Å²) in [4.78, 5) is 0. The third-order valence-electron chi connectivity index (χ3n) is 34.7. The van der Waals surface area contributed by atoms with Crippen LogP contribution in [0.25, 0.3) is 112 Å². The predicted octanol–water partition coefficient (Wildman–Crippen LogP) is 31.1. The molecule has 11 atom stereocenters. The standard InChI is InChI=1S/2C27H30N.3C26H28N/c2*1-19-5-3-4-6-25(19)27-18-24(15-16-28(27)2)21-11-13-23(14-12-21)26-17-20-7-9-22(26)10-8-20;3*1-18-5-3-4-6-24(18)26-17-22(13-14-27(26)2)20-9-11-21(12-10-20)25-16-19-7-8-23(25)15-19/h2*3-6,11-16,18,20,22,26H,7-10,17H2,1-2H3;3*3-6,9-14,17,19,23,25H,7-8,15-16H2,1-2H3/q5*+1/i26D;;2*25D;. The van der Waals surface area contributed by atoms with Crippen LogP contribution in [-0.2, 0) is 35.2 Å². The molecule has 27 rings (SSSR count). The molecule has 0 aliphatic heterocycles. The molecule has 137 heavy (non-hydrogen) atoms. The van der Waals surface area contributed by atoms with Gasteiger partial charge in [-0.15, -0.1) is 0 Å². The topological polar surface area (TPSA) is 19.4 Å². The maximum Gasteiger partial charge on any atom is 0.213 e. The highest BCUT2D eigenvalue weighted by molar-refractivity contribution is 5.76. The number of hydrogen-bond acceptors (Lipinski definition) is 0. The second kappa shape index (κ2) is 40.6. The van der Waals surface area contributed by atoms with Crippen LogP contribution in [0.15, 0.2) is 334 Å². The van der Waals surface area contributed by atoms with Crippen LogP contribution in [0.3, 0.4) is 0 Å². The smallest absolute Gasteiger partial charge is 0.201 e. The summed E-state index contributed by atoms with van der Waals surface area (Å²) in [6.07, 6.45) is 39.9. The Hall–Kier alpha value is -12.1. The van der Waals surface area contributed by atoms with Crippen LogP contribution >= 0.6 is 0 Å². The van der Waals surface area contributed by atoms with Gasteiger partial charge in [-0.3, -0.25) is 0 Å². The van der Waals surface area contributed by atoms with Gasteiger partial charge in [0, 0.05) is 92.6 Å². The normalized spacial score (nSPS) is 25.6. The minimum atomic E-state index is -0.366. The molecule has 12 aliphatic rings. The average molecular weight is 1800 g/mol. The van der Waals surface area contributed by atoms with Gasteiger partial charge in [0.1, 0.15) is 35.2 Å². The minimum absolute atomic E-state index is 0.350. The summed E-state index contributed by atoms with van der Waals surface area (Å²) in [5.74, 6) is 8.42. The van der Waals surface area contributed by atoms with Crippen LogP contribution in [0.2, 0.25) is 0 Å². The summed E-state index contributed by atoms with van der Waals surface area (Å²) in [6, 6.07) is 111. The zero-order valence-electron chi connectivity index (χ0n) is 86.0. The lowest BCUT2D eigenvalue weighted by Crippen LogP contribution is -2.30. The zero-order valence-corrected chi connectivity index (χ0v) is 83.0. The van der Waals surface area contributed by atoms with Gasteiger partial charge in [-0.25, -0.2) is 22.8 Å². The number of aryl methyl sites for hydroxylation is 10. The Balaban J connectivity index is 0.000000104. The van der Waals surface area contributed by atoms with E-state index in [4.69, 9.17) is 2.74 Å². The number of hydrogen-bond donors (Lipinski definition) is 0. The van der Waals surface area contributed by atoms with Crippen molar-refractivity contribution in [3.63, 3.8) is 0 Å². The molecule has 11 unspecified atom stereocenters. The molecule has 12 saturated carbocycles. The highest BCUT2D eigenvalue weighted by Crippen LogP contribution is 2.57. The van der Waals surface area contributed by atoms with Gasteiger partial charge < -0.3 is 0 Å². The first-order valence-corrected chi connectivity index (χ1v) is 52.3. The quantitative estimate of drug-likeness (QED) is 0.0912. The van der Waals surface area contributed by atoms with Crippen molar-refractivity contribution in [2.24, 2.45) is 94.4 Å². The fourth-order valence-electron chi connectivity index (χ4n) is 26.7. The largest absolute Gasteiger partial charge is 0.213 e. The lowest BCUT2D eigenvalue weighted by Gasteiger charge is -2.42. The Bertz CT molecular complexity index is 6790. The van der Waals surface area contributed by atoms with Crippen molar-refractivity contribution in [2.75, 3.05) is 0 Å². The van der Waals surface area contributed by atoms with Gasteiger partial charge in [0.15, 0.2) is 31.0 Å². The molecule has 692 valence electrons. The zero-order chi connectivity index (χ0) is 96.1. The van der Waals surface area contributed by atoms with Crippen molar-refractivity contribution in [3.8, 4) is 112 Å². The van der Waals surface area contributed by atoms with Gasteiger partial charge >= 0.3 is 0 Å². The summed E-state index contributed by atoms with van der Waals surface area (Å²) in [6.45, 7) is 10.9. The van der Waals surface area contributed by atoms with E-state index in [-0.39, 0.29) is 17.7 Å². The number of aromatic nitrogens is 5. The number of benzene rings is 10. The van der Waals surface area contributed by atoms with Crippen LogP contribution < -0.4 is 22.8 Å². The van der Waals surface area contributed by atoms with Gasteiger partial charge in [-0.2, -0.15) is 0 Å². The van der Waals surface area contributed by atoms with E-state index in [9.17, 15) is 1.37 Å². The van der Waals surface area contributed by atoms with E-state index in [1.807, 2.05) is 0 Å². The van der Waals surface area contributed by atoms with Crippen molar-refractivity contribution in [3.05, 3.63) is 390 Å². The molecule has 0 spiro atoms. The molecular weight excluding hydrogens is 1660 g/mol. The third kappa shape index (κ3) is 19.8. The number of rotatable bonds is 15. The van der Waals surface area contributed by atoms with E-state index < -0.39 is 0 Å². The SMILES string of the molecule is Cc1ccccc1-c1cc(-c2ccc(C3CC4CCC3C4)cc2)cc[n+]1C.Cc1ccccc1-c1cc(-c2ccc(C3CC4CCC3CC4)cc2)cc[n+]1C.[2H]C1(c2ccc(-c3cc[n+](C)c(-c4ccccc4C)c3)cc2)CC2CCC1C2.[2H]C1(c2ccc(-c3cc[n+](C)c(-c4ccccc4C)c3)cc2)CC2CCC1C2.[2H]C1(c2ccc(-c3cc[n+](C)c(-c4ccccc4C)c3)cc2)CC2CCC1CC2. The highest BCUT2D eigenvalue weighted by Gasteiger charge is 2.44. The van der Waals surface area contributed by atoms with Gasteiger partial charge in [0.05, 0.1) is 0 Å². The van der Waals surface area contributed by atoms with Crippen molar-refractivity contribution in [2.45, 2.75) is 205 Å². The molecule has 12 fully saturated rings. The van der Waals surface area contributed by atoms with Crippen LogP contribution in [0.1, 0.15) is 231 Å². The average Bonchev–Trinajstić information content (AvgIpc) is 1.74. The summed E-state index contributed by atoms with van der Waals surface area (Å²) in [7, 11) is 10.6. The lowest BCUT2D eigenvalue weighted by atomic mass is 9.63. The fraction of sp³-hybridized carbons (Fsp3) is 0.356. The Morgan fingerprint density at radius 3 is 0.628 bits per heavy atom. The first kappa shape index (κ1) is 87.7. The molecule has 0 radical (unpaired) electrons. The highest BCUT2D eigenvalue weighted by atomic mass is 14.9. The molecule has 5 heteroatoms. The maximum atomic E-state index is 9.22. The maximum absolute atomic E-state index is 9.22. The molecule has 0 amide bonds. The predicted molar refractivity (Wildman–Crippen MR) is 566 cm³/mol. The Kier molecular flexibility index (Phi) is 26.0. The van der Waals surface area contributed by atoms with Crippen molar-refractivity contribution in [1.29, 1.82) is 0 Å². The molecule has 5 nitrogen and oxygen atoms in total. The first-order chi connectivity index (χ1) is 68.0. The van der Waals surface area contributed by atoms with Gasteiger partial charge in [-0.1, -0.05) is 257 Å². The summed E-state index contributed by atoms with van der Waals surface area (Å²) in [5, 5.41) is 0. The van der Waals surface area contributed by atoms with E-state index >= 15 is 0 Å². The number of fused-ring (bicyclic) bond motifs is 12. The molecule has 0 N–H and O–H groups in total. The van der Waals surface area contributed by atoms with Gasteiger partial charge in [0.25, 0.3) is 0 Å². The van der Waals surface area contributed by atoms with Crippen LogP contribution in [-0.4, -0.2) is 0 Å². The van der Waals surface area contributed by atoms with E-state index in [1.54, 1.807) is 11.1 Å². The molecule has 12 aliphatic carbocycles. The monoisotopic (exact) mass is 1800 g/mol. The molecule has 15 aromatic rings. The molecule has 5 heterocycles. The van der Waals surface area contributed by atoms with E-state index in [1.165, 1.54) is 278 Å². The van der Waals surface area contributed by atoms with Crippen molar-refractivity contribution < 1.29 is 26.9 Å². The summed E-state index contributed by atoms with van der Waals surface area (Å²) >= 11 is 0. The Morgan fingerprint density at radius 2 is 0.401 bits per heavy atom. The van der Waals surface area contributed by atoms with Crippen LogP contribution in [0.5, 0.6) is 0 Å². The third-order valence-corrected chi connectivity index (χ3v) is 34.7. The molecule has 10 bridgehead atoms. The lowest BCUT2D eigenvalue weighted by molar-refractivity contribution is -0.660. The summed E-state index contributed by atoms with van der Waals surface area (Å²) < 4.78 is 38.4. The van der Waals surface area contributed by atoms with E-state index in [2.05, 4.69) is 427 Å². The first-order valence-electron chi connectivity index (χ1n) is 53.8. The van der Waals surface area contributed by atoms with E-state index in [0.717, 1.165) is 72.5 Å².